The van der Waals surface area contributed by atoms with Crippen LogP contribution in [0.3, 0.4) is 0 Å². The Morgan fingerprint density at radius 2 is 0.586 bits per heavy atom. The van der Waals surface area contributed by atoms with E-state index >= 15 is 0 Å². The first-order chi connectivity index (χ1) is 31.4. The Morgan fingerprint density at radius 1 is 0.343 bits per heavy atom. The molecular formula is C38H32F26O4S2. The van der Waals surface area contributed by atoms with Crippen molar-refractivity contribution in [3.63, 3.8) is 0 Å². The molecule has 0 atom stereocenters. The molecule has 0 aliphatic carbocycles. The summed E-state index contributed by atoms with van der Waals surface area (Å²) in [6, 6.07) is 8.26. The summed E-state index contributed by atoms with van der Waals surface area (Å²) >= 11 is 0.407. The van der Waals surface area contributed by atoms with Crippen molar-refractivity contribution < 1.29 is 133 Å². The fourth-order valence-corrected chi connectivity index (χ4v) is 7.14. The van der Waals surface area contributed by atoms with E-state index in [0.29, 0.717) is 38.5 Å². The minimum atomic E-state index is -8.00. The van der Waals surface area contributed by atoms with Gasteiger partial charge in [-0.1, -0.05) is 25.7 Å². The SMILES string of the molecule is O=C(OCCCCCCCCOC(=O)c1ccc(SCCC(F)(F)C(F)(F)C(F)(F)C(F)(F)C(F)(F)C(F)(F)F)cc1)c1ccc(SCCC(F)(F)C(F)(F)C(F)(F)C(F)(F)C(F)(F)C(F)(F)F)cc1. The van der Waals surface area contributed by atoms with Crippen LogP contribution < -0.4 is 0 Å². The van der Waals surface area contributed by atoms with Crippen LogP contribution in [0, 0.1) is 0 Å². The van der Waals surface area contributed by atoms with Gasteiger partial charge in [0.15, 0.2) is 0 Å². The van der Waals surface area contributed by atoms with Crippen molar-refractivity contribution in [1.29, 1.82) is 0 Å². The van der Waals surface area contributed by atoms with E-state index in [9.17, 15) is 124 Å². The van der Waals surface area contributed by atoms with Crippen LogP contribution >= 0.6 is 23.5 Å². The Hall–Kier alpha value is -3.74. The summed E-state index contributed by atoms with van der Waals surface area (Å²) in [6.45, 7) is -0.236. The van der Waals surface area contributed by atoms with Gasteiger partial charge in [-0.05, 0) is 61.4 Å². The number of hydrogen-bond acceptors (Lipinski definition) is 6. The molecule has 402 valence electrons. The highest BCUT2D eigenvalue weighted by molar-refractivity contribution is 7.99. The van der Waals surface area contributed by atoms with Crippen molar-refractivity contribution in [2.24, 2.45) is 0 Å². The summed E-state index contributed by atoms with van der Waals surface area (Å²) in [7, 11) is 0. The zero-order valence-electron chi connectivity index (χ0n) is 34.4. The highest BCUT2D eigenvalue weighted by atomic mass is 32.2. The molecule has 0 aliphatic heterocycles. The number of benzene rings is 2. The number of hydrogen-bond donors (Lipinski definition) is 0. The molecular weight excluding hydrogens is 1080 g/mol. The number of alkyl halides is 26. The molecule has 32 heteroatoms. The third-order valence-corrected chi connectivity index (χ3v) is 11.6. The molecule has 4 nitrogen and oxygen atoms in total. The lowest BCUT2D eigenvalue weighted by atomic mass is 9.93. The lowest BCUT2D eigenvalue weighted by Crippen LogP contribution is -2.70. The summed E-state index contributed by atoms with van der Waals surface area (Å²) in [4.78, 5) is 24.3. The van der Waals surface area contributed by atoms with Crippen molar-refractivity contribution in [3.05, 3.63) is 59.7 Å². The molecule has 0 heterocycles. The second-order valence-corrected chi connectivity index (χ2v) is 17.0. The number of halogens is 26. The Morgan fingerprint density at radius 3 is 0.843 bits per heavy atom. The van der Waals surface area contributed by atoms with Crippen LogP contribution in [-0.2, 0) is 9.47 Å². The zero-order valence-corrected chi connectivity index (χ0v) is 36.0. The first kappa shape index (κ1) is 62.4. The highest BCUT2D eigenvalue weighted by Crippen LogP contribution is 2.62. The monoisotopic (exact) mass is 1110 g/mol. The van der Waals surface area contributed by atoms with Gasteiger partial charge in [-0.2, -0.15) is 114 Å². The van der Waals surface area contributed by atoms with Crippen molar-refractivity contribution in [2.75, 3.05) is 24.7 Å². The second kappa shape index (κ2) is 22.2. The van der Waals surface area contributed by atoms with Crippen LogP contribution in [0.2, 0.25) is 0 Å². The Balaban J connectivity index is 1.71. The lowest BCUT2D eigenvalue weighted by molar-refractivity contribution is -0.439. The van der Waals surface area contributed by atoms with Crippen LogP contribution in [0.1, 0.15) is 72.1 Å². The van der Waals surface area contributed by atoms with Crippen molar-refractivity contribution in [3.8, 4) is 0 Å². The maximum Gasteiger partial charge on any atom is 0.460 e. The Bertz CT molecular complexity index is 1880. The molecule has 0 fully saturated rings. The first-order valence-corrected chi connectivity index (χ1v) is 21.1. The number of unbranched alkanes of at least 4 members (excludes halogenated alkanes) is 5. The van der Waals surface area contributed by atoms with E-state index in [4.69, 9.17) is 9.47 Å². The fourth-order valence-electron chi connectivity index (χ4n) is 5.29. The molecule has 2 rings (SSSR count). The summed E-state index contributed by atoms with van der Waals surface area (Å²) in [5, 5.41) is 0. The number of carbonyl (C=O) groups is 2. The summed E-state index contributed by atoms with van der Waals surface area (Å²) in [5.41, 5.74) is -0.274. The molecule has 70 heavy (non-hydrogen) atoms. The maximum absolute atomic E-state index is 14.0. The van der Waals surface area contributed by atoms with Crippen LogP contribution in [0.25, 0.3) is 0 Å². The van der Waals surface area contributed by atoms with Gasteiger partial charge in [-0.15, -0.1) is 23.5 Å². The average Bonchev–Trinajstić information content (AvgIpc) is 3.23. The van der Waals surface area contributed by atoms with Crippen molar-refractivity contribution in [2.45, 2.75) is 133 Å². The molecule has 0 radical (unpaired) electrons. The molecule has 0 saturated heterocycles. The van der Waals surface area contributed by atoms with E-state index in [1.165, 1.54) is 0 Å². The molecule has 0 unspecified atom stereocenters. The second-order valence-electron chi connectivity index (χ2n) is 14.6. The van der Waals surface area contributed by atoms with Crippen LogP contribution in [0.4, 0.5) is 114 Å². The smallest absolute Gasteiger partial charge is 0.460 e. The standard InChI is InChI=1S/C38H32F26O4S2/c39-27(40,29(43,44)31(47,48)33(51,52)35(55,56)37(59,60)61)15-19-69-23-11-7-21(8-12-23)25(65)67-17-5-3-1-2-4-6-18-68-26(66)22-9-13-24(14-10-22)70-20-16-28(41,42)30(45,46)32(49,50)34(53,54)36(57,58)38(62,63)64/h7-14H,1-6,15-20H2. The van der Waals surface area contributed by atoms with Crippen LogP contribution in [0.15, 0.2) is 58.3 Å². The number of esters is 2. The van der Waals surface area contributed by atoms with E-state index in [2.05, 4.69) is 0 Å². The number of rotatable bonds is 27. The predicted octanol–water partition coefficient (Wildman–Crippen LogP) is 15.5. The van der Waals surface area contributed by atoms with E-state index < -0.39 is 108 Å². The number of carbonyl (C=O) groups excluding carboxylic acids is 2. The Labute approximate surface area is 385 Å². The molecule has 0 aromatic heterocycles. The molecule has 0 N–H and O–H groups in total. The zero-order chi connectivity index (χ0) is 54.4. The fraction of sp³-hybridized carbons (Fsp3) is 0.632. The molecule has 2 aromatic rings. The lowest BCUT2D eigenvalue weighted by Gasteiger charge is -2.39. The summed E-state index contributed by atoms with van der Waals surface area (Å²) in [6.07, 6.45) is -17.0. The minimum absolute atomic E-state index is 0.103. The molecule has 0 bridgehead atoms. The van der Waals surface area contributed by atoms with Gasteiger partial charge in [0.25, 0.3) is 0 Å². The van der Waals surface area contributed by atoms with Gasteiger partial charge in [0.05, 0.1) is 24.3 Å². The topological polar surface area (TPSA) is 52.6 Å². The van der Waals surface area contributed by atoms with E-state index in [1.807, 2.05) is 0 Å². The molecule has 0 saturated carbocycles. The van der Waals surface area contributed by atoms with Gasteiger partial charge in [0, 0.05) is 34.1 Å². The van der Waals surface area contributed by atoms with Gasteiger partial charge in [0.2, 0.25) is 0 Å². The summed E-state index contributed by atoms with van der Waals surface area (Å²) < 4.78 is 355. The Kier molecular flexibility index (Phi) is 19.8. The minimum Gasteiger partial charge on any atom is -0.462 e. The molecule has 0 amide bonds. The van der Waals surface area contributed by atoms with Crippen molar-refractivity contribution in [1.82, 2.24) is 0 Å². The molecule has 0 aliphatic rings. The van der Waals surface area contributed by atoms with Gasteiger partial charge in [-0.3, -0.25) is 0 Å². The van der Waals surface area contributed by atoms with E-state index in [0.717, 1.165) is 48.5 Å². The van der Waals surface area contributed by atoms with Crippen LogP contribution in [0.5, 0.6) is 0 Å². The van der Waals surface area contributed by atoms with Crippen LogP contribution in [-0.4, -0.2) is 108 Å². The molecule has 0 spiro atoms. The highest BCUT2D eigenvalue weighted by Gasteiger charge is 2.92. The van der Waals surface area contributed by atoms with Crippen molar-refractivity contribution >= 4 is 35.5 Å². The first-order valence-electron chi connectivity index (χ1n) is 19.1. The van der Waals surface area contributed by atoms with Gasteiger partial charge >= 0.3 is 83.5 Å². The summed E-state index contributed by atoms with van der Waals surface area (Å²) in [5.74, 6) is -79.1. The van der Waals surface area contributed by atoms with E-state index in [1.54, 1.807) is 0 Å². The number of ether oxygens (including phenoxy) is 2. The van der Waals surface area contributed by atoms with Gasteiger partial charge in [0.1, 0.15) is 0 Å². The average molecular weight is 1110 g/mol. The number of thioether (sulfide) groups is 2. The maximum atomic E-state index is 14.0. The quantitative estimate of drug-likeness (QED) is 0.0385. The van der Waals surface area contributed by atoms with Gasteiger partial charge in [-0.25, -0.2) is 9.59 Å². The van der Waals surface area contributed by atoms with E-state index in [-0.39, 0.29) is 57.7 Å². The van der Waals surface area contributed by atoms with Gasteiger partial charge < -0.3 is 9.47 Å². The largest absolute Gasteiger partial charge is 0.462 e. The third kappa shape index (κ3) is 12.9. The third-order valence-electron chi connectivity index (χ3n) is 9.55. The predicted molar refractivity (Wildman–Crippen MR) is 193 cm³/mol. The normalized spacial score (nSPS) is 14.5. The molecule has 2 aromatic carbocycles.